The van der Waals surface area contributed by atoms with Gasteiger partial charge in [-0.3, -0.25) is 0 Å². The summed E-state index contributed by atoms with van der Waals surface area (Å²) in [5.41, 5.74) is 0. The van der Waals surface area contributed by atoms with Gasteiger partial charge in [0.2, 0.25) is 0 Å². The lowest BCUT2D eigenvalue weighted by Crippen LogP contribution is -1.46. The van der Waals surface area contributed by atoms with Crippen molar-refractivity contribution in [2.75, 3.05) is 0 Å². The van der Waals surface area contributed by atoms with Crippen LogP contribution in [0.4, 0.5) is 0 Å². The molecule has 0 spiro atoms. The SMILES string of the molecule is C=CC.S=C(S)S. The van der Waals surface area contributed by atoms with Crippen molar-refractivity contribution in [2.45, 2.75) is 6.92 Å². The van der Waals surface area contributed by atoms with Crippen molar-refractivity contribution < 1.29 is 0 Å². The fourth-order valence-corrected chi connectivity index (χ4v) is 0. The number of thiol groups is 2. The molecule has 0 saturated carbocycles. The van der Waals surface area contributed by atoms with Crippen molar-refractivity contribution in [1.29, 1.82) is 0 Å². The maximum Gasteiger partial charge on any atom is 0.0976 e. The minimum atomic E-state index is 0.389. The molecule has 0 amide bonds. The summed E-state index contributed by atoms with van der Waals surface area (Å²) in [5.74, 6) is 0. The van der Waals surface area contributed by atoms with E-state index in [1.54, 1.807) is 6.08 Å². The minimum Gasteiger partial charge on any atom is -0.125 e. The molecule has 42 valence electrons. The molecule has 0 saturated heterocycles. The monoisotopic (exact) mass is 152 g/mol. The van der Waals surface area contributed by atoms with Crippen LogP contribution < -0.4 is 0 Å². The number of rotatable bonds is 0. The molecule has 7 heavy (non-hydrogen) atoms. The quantitative estimate of drug-likeness (QED) is 0.305. The first kappa shape index (κ1) is 10.5. The van der Waals surface area contributed by atoms with Gasteiger partial charge < -0.3 is 0 Å². The van der Waals surface area contributed by atoms with E-state index in [9.17, 15) is 0 Å². The summed E-state index contributed by atoms with van der Waals surface area (Å²) < 4.78 is 0.389. The molecule has 0 unspecified atom stereocenters. The minimum absolute atomic E-state index is 0.389. The standard InChI is InChI=1S/C3H6.CH2S3/c1-3-2;2-1(3)4/h3H,1H2,2H3;(H2,2,3,4). The third kappa shape index (κ3) is 477. The fourth-order valence-electron chi connectivity index (χ4n) is 0. The lowest BCUT2D eigenvalue weighted by atomic mass is 10.8. The fraction of sp³-hybridized carbons (Fsp3) is 0.250. The highest BCUT2D eigenvalue weighted by Crippen LogP contribution is 1.83. The largest absolute Gasteiger partial charge is 0.125 e. The zero-order chi connectivity index (χ0) is 6.28. The van der Waals surface area contributed by atoms with Gasteiger partial charge >= 0.3 is 0 Å². The van der Waals surface area contributed by atoms with Gasteiger partial charge in [-0.15, -0.1) is 31.8 Å². The average Bonchev–Trinajstić information content (AvgIpc) is 1.33. The van der Waals surface area contributed by atoms with Gasteiger partial charge in [0.25, 0.3) is 0 Å². The van der Waals surface area contributed by atoms with E-state index >= 15 is 0 Å². The van der Waals surface area contributed by atoms with Crippen molar-refractivity contribution in [1.82, 2.24) is 0 Å². The van der Waals surface area contributed by atoms with E-state index in [4.69, 9.17) is 0 Å². The Labute approximate surface area is 60.8 Å². The molecule has 0 nitrogen and oxygen atoms in total. The van der Waals surface area contributed by atoms with Crippen molar-refractivity contribution >= 4 is 41.0 Å². The van der Waals surface area contributed by atoms with Crippen LogP contribution >= 0.6 is 37.5 Å². The molecule has 3 heteroatoms. The molecule has 0 N–H and O–H groups in total. The maximum absolute atomic E-state index is 4.27. The highest BCUT2D eigenvalue weighted by atomic mass is 32.2. The zero-order valence-corrected chi connectivity index (χ0v) is 6.69. The van der Waals surface area contributed by atoms with Gasteiger partial charge in [-0.1, -0.05) is 18.3 Å². The smallest absolute Gasteiger partial charge is 0.0976 e. The molecule has 0 atom stereocenters. The van der Waals surface area contributed by atoms with E-state index < -0.39 is 0 Å². The Hall–Kier alpha value is 0.530. The lowest BCUT2D eigenvalue weighted by Gasteiger charge is -1.59. The number of hydrogen-bond acceptors (Lipinski definition) is 1. The van der Waals surface area contributed by atoms with Crippen molar-refractivity contribution in [3.8, 4) is 0 Å². The molecule has 0 radical (unpaired) electrons. The molecule has 0 aromatic heterocycles. The number of thiocarbonyl (C=S) groups is 1. The molecule has 0 aliphatic carbocycles. The van der Waals surface area contributed by atoms with Crippen LogP contribution in [0.3, 0.4) is 0 Å². The normalized spacial score (nSPS) is 5.57. The van der Waals surface area contributed by atoms with Gasteiger partial charge in [-0.2, -0.15) is 0 Å². The topological polar surface area (TPSA) is 0 Å². The van der Waals surface area contributed by atoms with E-state index in [0.717, 1.165) is 0 Å². The number of allylic oxidation sites excluding steroid dienone is 1. The zero-order valence-electron chi connectivity index (χ0n) is 4.09. The van der Waals surface area contributed by atoms with Gasteiger partial charge in [0.05, 0.1) is 3.53 Å². The van der Waals surface area contributed by atoms with Gasteiger partial charge in [0.1, 0.15) is 0 Å². The Bertz CT molecular complexity index is 54.0. The van der Waals surface area contributed by atoms with Crippen LogP contribution in [-0.2, 0) is 0 Å². The van der Waals surface area contributed by atoms with Crippen LogP contribution in [0, 0.1) is 0 Å². The van der Waals surface area contributed by atoms with Crippen LogP contribution in [0.15, 0.2) is 12.7 Å². The third-order valence-electron chi connectivity index (χ3n) is 0. The van der Waals surface area contributed by atoms with E-state index in [0.29, 0.717) is 3.53 Å². The summed E-state index contributed by atoms with van der Waals surface area (Å²) in [4.78, 5) is 0. The second kappa shape index (κ2) is 9.73. The molecular formula is C4H8S3. The Balaban J connectivity index is 0. The van der Waals surface area contributed by atoms with E-state index in [-0.39, 0.29) is 0 Å². The van der Waals surface area contributed by atoms with Crippen LogP contribution in [0.25, 0.3) is 0 Å². The van der Waals surface area contributed by atoms with Gasteiger partial charge in [0, 0.05) is 0 Å². The molecular weight excluding hydrogens is 144 g/mol. The van der Waals surface area contributed by atoms with Gasteiger partial charge in [0.15, 0.2) is 0 Å². The summed E-state index contributed by atoms with van der Waals surface area (Å²) in [6, 6.07) is 0. The second-order valence-corrected chi connectivity index (χ2v) is 2.95. The summed E-state index contributed by atoms with van der Waals surface area (Å²) in [5, 5.41) is 0. The Morgan fingerprint density at radius 2 is 1.71 bits per heavy atom. The summed E-state index contributed by atoms with van der Waals surface area (Å²) in [6.07, 6.45) is 1.75. The Kier molecular flexibility index (Phi) is 14.6. The summed E-state index contributed by atoms with van der Waals surface area (Å²) >= 11 is 11.4. The molecule has 0 aromatic carbocycles. The number of hydrogen-bond donors (Lipinski definition) is 2. The maximum atomic E-state index is 4.27. The molecule has 0 rings (SSSR count). The van der Waals surface area contributed by atoms with E-state index in [2.05, 4.69) is 44.1 Å². The summed E-state index contributed by atoms with van der Waals surface area (Å²) in [6.45, 7) is 5.25. The van der Waals surface area contributed by atoms with Crippen molar-refractivity contribution in [3.05, 3.63) is 12.7 Å². The van der Waals surface area contributed by atoms with Crippen molar-refractivity contribution in [2.24, 2.45) is 0 Å². The molecule has 0 heterocycles. The molecule has 0 bridgehead atoms. The first-order chi connectivity index (χ1) is 3.15. The predicted octanol–water partition coefficient (Wildman–Crippen LogP) is 2.32. The van der Waals surface area contributed by atoms with Crippen molar-refractivity contribution in [3.63, 3.8) is 0 Å². The van der Waals surface area contributed by atoms with Gasteiger partial charge in [-0.25, -0.2) is 0 Å². The summed E-state index contributed by atoms with van der Waals surface area (Å²) in [7, 11) is 0. The first-order valence-corrected chi connectivity index (χ1v) is 2.94. The van der Waals surface area contributed by atoms with Gasteiger partial charge in [-0.05, 0) is 6.92 Å². The average molecular weight is 152 g/mol. The van der Waals surface area contributed by atoms with Crippen LogP contribution in [0.1, 0.15) is 6.92 Å². The highest BCUT2D eigenvalue weighted by molar-refractivity contribution is 8.34. The molecule has 0 aromatic rings. The molecule has 0 aliphatic heterocycles. The van der Waals surface area contributed by atoms with E-state index in [1.165, 1.54) is 0 Å². The van der Waals surface area contributed by atoms with Crippen LogP contribution in [0.5, 0.6) is 0 Å². The Morgan fingerprint density at radius 3 is 1.71 bits per heavy atom. The third-order valence-corrected chi connectivity index (χ3v) is 0. The molecule has 0 fully saturated rings. The lowest BCUT2D eigenvalue weighted by molar-refractivity contribution is 1.80. The van der Waals surface area contributed by atoms with E-state index in [1.807, 2.05) is 6.92 Å². The highest BCUT2D eigenvalue weighted by Gasteiger charge is 1.58. The Morgan fingerprint density at radius 1 is 1.71 bits per heavy atom. The van der Waals surface area contributed by atoms with Crippen LogP contribution in [0.2, 0.25) is 0 Å². The first-order valence-electron chi connectivity index (χ1n) is 1.64. The predicted molar refractivity (Wildman–Crippen MR) is 46.4 cm³/mol. The van der Waals surface area contributed by atoms with Crippen LogP contribution in [-0.4, -0.2) is 3.53 Å². The second-order valence-electron chi connectivity index (χ2n) is 0.691. The molecule has 0 aliphatic rings.